The lowest BCUT2D eigenvalue weighted by Crippen LogP contribution is -2.52. The van der Waals surface area contributed by atoms with E-state index in [0.717, 1.165) is 38.8 Å². The maximum Gasteiger partial charge on any atom is 0.308 e. The zero-order valence-corrected chi connectivity index (χ0v) is 11.9. The number of carbonyl (C=O) groups is 2. The number of nitrogens with one attached hydrogen (secondary N) is 1. The van der Waals surface area contributed by atoms with Gasteiger partial charge in [0.1, 0.15) is 0 Å². The van der Waals surface area contributed by atoms with Crippen molar-refractivity contribution in [2.45, 2.75) is 32.6 Å². The highest BCUT2D eigenvalue weighted by molar-refractivity contribution is 5.83. The van der Waals surface area contributed by atoms with Crippen molar-refractivity contribution in [1.82, 2.24) is 10.2 Å². The summed E-state index contributed by atoms with van der Waals surface area (Å²) in [7, 11) is 1.43. The molecule has 5 nitrogen and oxygen atoms in total. The Balaban J connectivity index is 1.90. The number of piperidine rings is 2. The maximum absolute atomic E-state index is 12.6. The molecule has 2 aliphatic heterocycles. The molecule has 0 bridgehead atoms. The predicted octanol–water partition coefficient (Wildman–Crippen LogP) is 0.788. The minimum atomic E-state index is -0.268. The number of likely N-dealkylation sites (tertiary alicyclic amines) is 1. The summed E-state index contributed by atoms with van der Waals surface area (Å²) < 4.78 is 4.77. The topological polar surface area (TPSA) is 58.6 Å². The van der Waals surface area contributed by atoms with Crippen molar-refractivity contribution in [3.63, 3.8) is 0 Å². The van der Waals surface area contributed by atoms with E-state index < -0.39 is 0 Å². The highest BCUT2D eigenvalue weighted by Gasteiger charge is 2.39. The van der Waals surface area contributed by atoms with Crippen molar-refractivity contribution in [1.29, 1.82) is 0 Å². The molecule has 0 radical (unpaired) electrons. The normalized spacial score (nSPS) is 29.1. The number of hydrogen-bond donors (Lipinski definition) is 1. The zero-order chi connectivity index (χ0) is 13.9. The minimum absolute atomic E-state index is 0.0358. The van der Waals surface area contributed by atoms with Crippen LogP contribution in [0.4, 0.5) is 0 Å². The lowest BCUT2D eigenvalue weighted by molar-refractivity contribution is -0.151. The summed E-state index contributed by atoms with van der Waals surface area (Å²) in [6.07, 6.45) is 3.46. The van der Waals surface area contributed by atoms with Gasteiger partial charge in [0.2, 0.25) is 5.91 Å². The second kappa shape index (κ2) is 5.90. The van der Waals surface area contributed by atoms with Gasteiger partial charge >= 0.3 is 5.97 Å². The van der Waals surface area contributed by atoms with Gasteiger partial charge in [-0.2, -0.15) is 0 Å². The Kier molecular flexibility index (Phi) is 4.45. The largest absolute Gasteiger partial charge is 0.469 e. The van der Waals surface area contributed by atoms with Crippen LogP contribution in [-0.4, -0.2) is 50.1 Å². The third kappa shape index (κ3) is 3.08. The third-order valence-electron chi connectivity index (χ3n) is 4.43. The fraction of sp³-hybridized carbons (Fsp3) is 0.857. The van der Waals surface area contributed by atoms with Crippen LogP contribution < -0.4 is 5.32 Å². The van der Waals surface area contributed by atoms with E-state index in [4.69, 9.17) is 4.74 Å². The Morgan fingerprint density at radius 2 is 2.00 bits per heavy atom. The molecule has 0 saturated carbocycles. The molecule has 1 unspecified atom stereocenters. The maximum atomic E-state index is 12.6. The molecule has 1 N–H and O–H groups in total. The van der Waals surface area contributed by atoms with E-state index in [1.165, 1.54) is 7.11 Å². The number of methoxy groups -OCH3 is 1. The molecular weight excluding hydrogens is 244 g/mol. The molecule has 2 aliphatic rings. The second-order valence-corrected chi connectivity index (χ2v) is 5.93. The summed E-state index contributed by atoms with van der Waals surface area (Å²) in [4.78, 5) is 26.0. The number of ether oxygens (including phenoxy) is 1. The number of hydrogen-bond acceptors (Lipinski definition) is 4. The second-order valence-electron chi connectivity index (χ2n) is 5.93. The van der Waals surface area contributed by atoms with E-state index in [0.29, 0.717) is 13.1 Å². The highest BCUT2D eigenvalue weighted by atomic mass is 16.5. The van der Waals surface area contributed by atoms with E-state index in [2.05, 4.69) is 5.32 Å². The lowest BCUT2D eigenvalue weighted by Gasteiger charge is -2.40. The molecule has 108 valence electrons. The number of nitrogens with zero attached hydrogens (tertiary/aromatic N) is 1. The first-order valence-electron chi connectivity index (χ1n) is 7.15. The van der Waals surface area contributed by atoms with E-state index in [-0.39, 0.29) is 23.2 Å². The number of carbonyl (C=O) groups excluding carboxylic acids is 2. The summed E-state index contributed by atoms with van der Waals surface area (Å²) in [6, 6.07) is 0. The number of amides is 1. The molecule has 1 amide bonds. The zero-order valence-electron chi connectivity index (χ0n) is 11.9. The van der Waals surface area contributed by atoms with E-state index in [9.17, 15) is 9.59 Å². The average Bonchev–Trinajstić information content (AvgIpc) is 2.46. The van der Waals surface area contributed by atoms with Crippen LogP contribution in [0.15, 0.2) is 0 Å². The SMILES string of the molecule is COC(=O)C1CCN(C(=O)C2(C)CCCNC2)CC1. The molecule has 0 aromatic carbocycles. The van der Waals surface area contributed by atoms with Crippen molar-refractivity contribution in [2.75, 3.05) is 33.3 Å². The van der Waals surface area contributed by atoms with Crippen molar-refractivity contribution in [3.8, 4) is 0 Å². The Bertz CT molecular complexity index is 343. The van der Waals surface area contributed by atoms with Gasteiger partial charge in [-0.15, -0.1) is 0 Å². The molecule has 5 heteroatoms. The van der Waals surface area contributed by atoms with Crippen LogP contribution in [0, 0.1) is 11.3 Å². The standard InChI is InChI=1S/C14H24N2O3/c1-14(6-3-7-15-10-14)13(18)16-8-4-11(5-9-16)12(17)19-2/h11,15H,3-10H2,1-2H3. The third-order valence-corrected chi connectivity index (χ3v) is 4.43. The summed E-state index contributed by atoms with van der Waals surface area (Å²) in [5, 5.41) is 3.31. The van der Waals surface area contributed by atoms with Gasteiger partial charge in [-0.1, -0.05) is 0 Å². The van der Waals surface area contributed by atoms with Crippen LogP contribution in [-0.2, 0) is 14.3 Å². The molecule has 2 heterocycles. The minimum Gasteiger partial charge on any atom is -0.469 e. The van der Waals surface area contributed by atoms with E-state index in [1.54, 1.807) is 0 Å². The van der Waals surface area contributed by atoms with Gasteiger partial charge in [0.15, 0.2) is 0 Å². The fourth-order valence-corrected chi connectivity index (χ4v) is 3.11. The van der Waals surface area contributed by atoms with E-state index >= 15 is 0 Å². The van der Waals surface area contributed by atoms with Crippen molar-refractivity contribution >= 4 is 11.9 Å². The highest BCUT2D eigenvalue weighted by Crippen LogP contribution is 2.30. The lowest BCUT2D eigenvalue weighted by atomic mass is 9.80. The first-order valence-corrected chi connectivity index (χ1v) is 7.15. The molecule has 0 aromatic heterocycles. The average molecular weight is 268 g/mol. The Labute approximate surface area is 114 Å². The van der Waals surface area contributed by atoms with Gasteiger partial charge in [-0.05, 0) is 39.2 Å². The van der Waals surface area contributed by atoms with Crippen LogP contribution >= 0.6 is 0 Å². The van der Waals surface area contributed by atoms with Gasteiger partial charge in [0, 0.05) is 19.6 Å². The first-order chi connectivity index (χ1) is 9.07. The summed E-state index contributed by atoms with van der Waals surface area (Å²) in [5.41, 5.74) is -0.268. The molecule has 1 atom stereocenters. The van der Waals surface area contributed by atoms with Crippen LogP contribution in [0.1, 0.15) is 32.6 Å². The van der Waals surface area contributed by atoms with Gasteiger partial charge in [0.05, 0.1) is 18.4 Å². The first kappa shape index (κ1) is 14.3. The molecule has 0 aliphatic carbocycles. The Hall–Kier alpha value is -1.10. The van der Waals surface area contributed by atoms with Crippen LogP contribution in [0.25, 0.3) is 0 Å². The monoisotopic (exact) mass is 268 g/mol. The van der Waals surface area contributed by atoms with Gasteiger partial charge in [0.25, 0.3) is 0 Å². The van der Waals surface area contributed by atoms with Crippen molar-refractivity contribution in [3.05, 3.63) is 0 Å². The van der Waals surface area contributed by atoms with Crippen molar-refractivity contribution in [2.24, 2.45) is 11.3 Å². The fourth-order valence-electron chi connectivity index (χ4n) is 3.11. The van der Waals surface area contributed by atoms with Crippen molar-refractivity contribution < 1.29 is 14.3 Å². The number of rotatable bonds is 2. The van der Waals surface area contributed by atoms with Crippen LogP contribution in [0.2, 0.25) is 0 Å². The number of esters is 1. The summed E-state index contributed by atoms with van der Waals surface area (Å²) in [6.45, 7) is 5.17. The summed E-state index contributed by atoms with van der Waals surface area (Å²) in [5.74, 6) is 0.0620. The van der Waals surface area contributed by atoms with Gasteiger partial charge in [-0.25, -0.2) is 0 Å². The molecule has 0 aromatic rings. The molecular formula is C14H24N2O3. The predicted molar refractivity (Wildman–Crippen MR) is 71.5 cm³/mol. The van der Waals surface area contributed by atoms with Gasteiger partial charge in [-0.3, -0.25) is 9.59 Å². The molecule has 2 saturated heterocycles. The smallest absolute Gasteiger partial charge is 0.308 e. The molecule has 2 fully saturated rings. The van der Waals surface area contributed by atoms with Crippen LogP contribution in [0.3, 0.4) is 0 Å². The van der Waals surface area contributed by atoms with Gasteiger partial charge < -0.3 is 15.0 Å². The Morgan fingerprint density at radius 1 is 1.32 bits per heavy atom. The quantitative estimate of drug-likeness (QED) is 0.752. The molecule has 2 rings (SSSR count). The Morgan fingerprint density at radius 3 is 2.53 bits per heavy atom. The molecule has 19 heavy (non-hydrogen) atoms. The molecule has 0 spiro atoms. The summed E-state index contributed by atoms with van der Waals surface area (Å²) >= 11 is 0. The van der Waals surface area contributed by atoms with Crippen LogP contribution in [0.5, 0.6) is 0 Å². The van der Waals surface area contributed by atoms with E-state index in [1.807, 2.05) is 11.8 Å².